The van der Waals surface area contributed by atoms with Gasteiger partial charge in [0.2, 0.25) is 10.0 Å². The number of anilines is 1. The smallest absolute Gasteiger partial charge is 0.414 e. The Labute approximate surface area is 195 Å². The van der Waals surface area contributed by atoms with Crippen LogP contribution in [0.2, 0.25) is 4.34 Å². The second kappa shape index (κ2) is 9.01. The first-order valence-corrected chi connectivity index (χ1v) is 13.2. The van der Waals surface area contributed by atoms with Crippen LogP contribution in [0.25, 0.3) is 0 Å². The minimum Gasteiger partial charge on any atom is -0.442 e. The number of nitrogens with one attached hydrogen (secondary N) is 2. The number of hydrogen-bond acceptors (Lipinski definition) is 6. The Morgan fingerprint density at radius 2 is 1.97 bits per heavy atom. The number of sulfonamides is 1. The Bertz CT molecular complexity index is 1110. The van der Waals surface area contributed by atoms with Crippen LogP contribution >= 0.6 is 22.9 Å². The van der Waals surface area contributed by atoms with E-state index in [0.29, 0.717) is 28.0 Å². The number of amides is 2. The molecule has 32 heavy (non-hydrogen) atoms. The van der Waals surface area contributed by atoms with Gasteiger partial charge in [-0.25, -0.2) is 17.9 Å². The highest BCUT2D eigenvalue weighted by molar-refractivity contribution is 7.89. The SMILES string of the molecule is CCS(=O)(=O)NCC1(c2ccc(N3CC(CNC(=O)c4ccc(Cl)s4)OC3=O)cc2)CC1. The predicted molar refractivity (Wildman–Crippen MR) is 124 cm³/mol. The Morgan fingerprint density at radius 3 is 2.56 bits per heavy atom. The van der Waals surface area contributed by atoms with E-state index in [2.05, 4.69) is 10.0 Å². The molecule has 1 saturated heterocycles. The molecule has 1 saturated carbocycles. The number of nitrogens with zero attached hydrogens (tertiary/aromatic N) is 1. The molecule has 0 radical (unpaired) electrons. The van der Waals surface area contributed by atoms with E-state index in [1.54, 1.807) is 19.1 Å². The number of thiophene rings is 1. The summed E-state index contributed by atoms with van der Waals surface area (Å²) in [5, 5.41) is 2.77. The summed E-state index contributed by atoms with van der Waals surface area (Å²) in [4.78, 5) is 26.5. The lowest BCUT2D eigenvalue weighted by atomic mass is 9.96. The van der Waals surface area contributed by atoms with Crippen LogP contribution < -0.4 is 14.9 Å². The first-order chi connectivity index (χ1) is 15.2. The normalized spacial score (nSPS) is 19.6. The van der Waals surface area contributed by atoms with Crippen molar-refractivity contribution in [3.63, 3.8) is 0 Å². The van der Waals surface area contributed by atoms with Gasteiger partial charge in [0, 0.05) is 17.6 Å². The van der Waals surface area contributed by atoms with Gasteiger partial charge >= 0.3 is 6.09 Å². The van der Waals surface area contributed by atoms with Crippen LogP contribution in [0, 0.1) is 0 Å². The minimum absolute atomic E-state index is 0.0573. The van der Waals surface area contributed by atoms with Crippen molar-refractivity contribution in [2.75, 3.05) is 30.3 Å². The van der Waals surface area contributed by atoms with Gasteiger partial charge in [-0.2, -0.15) is 0 Å². The molecular formula is C21H24ClN3O5S2. The van der Waals surface area contributed by atoms with E-state index in [9.17, 15) is 18.0 Å². The van der Waals surface area contributed by atoms with E-state index in [-0.39, 0.29) is 23.6 Å². The van der Waals surface area contributed by atoms with Crippen LogP contribution in [0.5, 0.6) is 0 Å². The van der Waals surface area contributed by atoms with Crippen molar-refractivity contribution < 1.29 is 22.7 Å². The van der Waals surface area contributed by atoms with Crippen LogP contribution in [0.3, 0.4) is 0 Å². The third-order valence-electron chi connectivity index (χ3n) is 5.82. The summed E-state index contributed by atoms with van der Waals surface area (Å²) in [6.45, 7) is 2.52. The fourth-order valence-corrected chi connectivity index (χ4v) is 5.29. The van der Waals surface area contributed by atoms with Crippen LogP contribution in [0.15, 0.2) is 36.4 Å². The van der Waals surface area contributed by atoms with Crippen LogP contribution in [-0.2, 0) is 20.2 Å². The molecule has 4 rings (SSSR count). The van der Waals surface area contributed by atoms with Gasteiger partial charge in [0.15, 0.2) is 0 Å². The molecule has 1 aromatic carbocycles. The largest absolute Gasteiger partial charge is 0.442 e. The Morgan fingerprint density at radius 1 is 1.25 bits per heavy atom. The van der Waals surface area contributed by atoms with Crippen LogP contribution in [0.4, 0.5) is 10.5 Å². The van der Waals surface area contributed by atoms with Crippen molar-refractivity contribution >= 4 is 50.6 Å². The molecule has 1 aromatic heterocycles. The lowest BCUT2D eigenvalue weighted by Crippen LogP contribution is -2.34. The second-order valence-electron chi connectivity index (χ2n) is 7.98. The molecule has 2 amide bonds. The summed E-state index contributed by atoms with van der Waals surface area (Å²) >= 11 is 7.05. The maximum absolute atomic E-state index is 12.3. The van der Waals surface area contributed by atoms with Crippen molar-refractivity contribution in [1.82, 2.24) is 10.0 Å². The molecule has 1 unspecified atom stereocenters. The Balaban J connectivity index is 1.34. The van der Waals surface area contributed by atoms with Gasteiger partial charge in [0.1, 0.15) is 6.10 Å². The molecule has 172 valence electrons. The van der Waals surface area contributed by atoms with E-state index in [1.165, 1.54) is 16.2 Å². The van der Waals surface area contributed by atoms with E-state index in [1.807, 2.05) is 24.3 Å². The molecule has 2 aromatic rings. The van der Waals surface area contributed by atoms with Crippen molar-refractivity contribution in [3.8, 4) is 0 Å². The second-order valence-corrected chi connectivity index (χ2v) is 11.8. The average molecular weight is 498 g/mol. The molecule has 2 heterocycles. The average Bonchev–Trinajstić information content (AvgIpc) is 3.31. The lowest BCUT2D eigenvalue weighted by molar-refractivity contribution is 0.0920. The number of cyclic esters (lactones) is 1. The first kappa shape index (κ1) is 23.0. The number of ether oxygens (including phenoxy) is 1. The van der Waals surface area contributed by atoms with E-state index in [4.69, 9.17) is 16.3 Å². The Kier molecular flexibility index (Phi) is 6.49. The van der Waals surface area contributed by atoms with Crippen LogP contribution in [0.1, 0.15) is 35.0 Å². The molecule has 0 spiro atoms. The first-order valence-electron chi connectivity index (χ1n) is 10.3. The maximum atomic E-state index is 12.3. The Hall–Kier alpha value is -2.14. The summed E-state index contributed by atoms with van der Waals surface area (Å²) in [6, 6.07) is 10.9. The molecule has 1 aliphatic carbocycles. The van der Waals surface area contributed by atoms with Gasteiger partial charge in [-0.3, -0.25) is 9.69 Å². The molecule has 0 bridgehead atoms. The van der Waals surface area contributed by atoms with Gasteiger partial charge in [-0.05, 0) is 49.6 Å². The van der Waals surface area contributed by atoms with E-state index >= 15 is 0 Å². The zero-order chi connectivity index (χ0) is 22.9. The molecule has 11 heteroatoms. The number of carbonyl (C=O) groups excluding carboxylic acids is 2. The zero-order valence-corrected chi connectivity index (χ0v) is 19.9. The van der Waals surface area contributed by atoms with Gasteiger partial charge < -0.3 is 10.1 Å². The molecule has 8 nitrogen and oxygen atoms in total. The molecule has 2 aliphatic rings. The number of benzene rings is 1. The molecule has 1 atom stereocenters. The topological polar surface area (TPSA) is 105 Å². The third kappa shape index (κ3) is 5.09. The standard InChI is InChI=1S/C21H24ClN3O5S2/c1-2-32(28,29)24-13-21(9-10-21)14-3-5-15(6-4-14)25-12-16(30-20(25)27)11-23-19(26)17-7-8-18(22)31-17/h3-8,16,24H,2,9-13H2,1H3,(H,23,26). The quantitative estimate of drug-likeness (QED) is 0.553. The van der Waals surface area contributed by atoms with E-state index < -0.39 is 22.2 Å². The summed E-state index contributed by atoms with van der Waals surface area (Å²) in [6.07, 6.45) is 0.913. The van der Waals surface area contributed by atoms with Gasteiger partial charge in [-0.1, -0.05) is 23.7 Å². The van der Waals surface area contributed by atoms with Gasteiger partial charge in [0.05, 0.1) is 28.1 Å². The number of halogens is 1. The summed E-state index contributed by atoms with van der Waals surface area (Å²) in [5.74, 6) is -0.198. The van der Waals surface area contributed by atoms with Crippen molar-refractivity contribution in [2.45, 2.75) is 31.3 Å². The number of rotatable bonds is 9. The summed E-state index contributed by atoms with van der Waals surface area (Å²) < 4.78 is 32.2. The highest BCUT2D eigenvalue weighted by Gasteiger charge is 2.44. The zero-order valence-electron chi connectivity index (χ0n) is 17.5. The number of carbonyl (C=O) groups is 2. The molecule has 2 fully saturated rings. The van der Waals surface area contributed by atoms with Crippen molar-refractivity contribution in [3.05, 3.63) is 51.2 Å². The molecular weight excluding hydrogens is 474 g/mol. The predicted octanol–water partition coefficient (Wildman–Crippen LogP) is 3.13. The highest BCUT2D eigenvalue weighted by Crippen LogP contribution is 2.48. The molecule has 1 aliphatic heterocycles. The third-order valence-corrected chi connectivity index (χ3v) is 8.39. The summed E-state index contributed by atoms with van der Waals surface area (Å²) in [7, 11) is -3.24. The van der Waals surface area contributed by atoms with Gasteiger partial charge in [0.25, 0.3) is 5.91 Å². The minimum atomic E-state index is -3.24. The number of hydrogen-bond donors (Lipinski definition) is 2. The van der Waals surface area contributed by atoms with E-state index in [0.717, 1.165) is 18.4 Å². The fraction of sp³-hybridized carbons (Fsp3) is 0.429. The fourth-order valence-electron chi connectivity index (χ4n) is 3.63. The van der Waals surface area contributed by atoms with Crippen molar-refractivity contribution in [2.24, 2.45) is 0 Å². The summed E-state index contributed by atoms with van der Waals surface area (Å²) in [5.41, 5.74) is 1.57. The lowest BCUT2D eigenvalue weighted by Gasteiger charge is -2.18. The monoisotopic (exact) mass is 497 g/mol. The van der Waals surface area contributed by atoms with Crippen molar-refractivity contribution in [1.29, 1.82) is 0 Å². The highest BCUT2D eigenvalue weighted by atomic mass is 35.5. The maximum Gasteiger partial charge on any atom is 0.414 e. The molecule has 2 N–H and O–H groups in total. The van der Waals surface area contributed by atoms with Crippen LogP contribution in [-0.4, -0.2) is 51.9 Å². The van der Waals surface area contributed by atoms with Gasteiger partial charge in [-0.15, -0.1) is 11.3 Å².